The van der Waals surface area contributed by atoms with Crippen molar-refractivity contribution in [3.63, 3.8) is 0 Å². The van der Waals surface area contributed by atoms with Crippen LogP contribution in [0.25, 0.3) is 11.5 Å². The summed E-state index contributed by atoms with van der Waals surface area (Å²) in [5.41, 5.74) is -0.0374. The maximum Gasteiger partial charge on any atom is 0.266 e. The van der Waals surface area contributed by atoms with E-state index < -0.39 is 0 Å². The van der Waals surface area contributed by atoms with Gasteiger partial charge in [0, 0.05) is 32.3 Å². The summed E-state index contributed by atoms with van der Waals surface area (Å²) in [6.07, 6.45) is 5.22. The second-order valence-electron chi connectivity index (χ2n) is 5.29. The summed E-state index contributed by atoms with van der Waals surface area (Å²) in [4.78, 5) is 34.3. The molecule has 3 heterocycles. The van der Waals surface area contributed by atoms with E-state index in [0.29, 0.717) is 12.4 Å². The molecule has 2 aromatic rings. The highest BCUT2D eigenvalue weighted by atomic mass is 16.5. The zero-order valence-electron chi connectivity index (χ0n) is 12.4. The molecule has 0 unspecified atom stereocenters. The molecule has 0 bridgehead atoms. The van der Waals surface area contributed by atoms with Gasteiger partial charge in [0.05, 0.1) is 6.33 Å². The van der Waals surface area contributed by atoms with E-state index in [1.54, 1.807) is 6.92 Å². The predicted molar refractivity (Wildman–Crippen MR) is 77.0 cm³/mol. The van der Waals surface area contributed by atoms with Crippen LogP contribution in [-0.2, 0) is 11.3 Å². The summed E-state index contributed by atoms with van der Waals surface area (Å²) in [6, 6.07) is 0. The van der Waals surface area contributed by atoms with Crippen LogP contribution in [0.3, 0.4) is 0 Å². The van der Waals surface area contributed by atoms with Crippen LogP contribution in [0.15, 0.2) is 21.8 Å². The number of hydrogen-bond acceptors (Lipinski definition) is 6. The van der Waals surface area contributed by atoms with Crippen LogP contribution in [0.4, 0.5) is 0 Å². The van der Waals surface area contributed by atoms with Crippen molar-refractivity contribution in [2.75, 3.05) is 13.1 Å². The number of amides is 1. The van der Waals surface area contributed by atoms with Gasteiger partial charge in [-0.1, -0.05) is 5.16 Å². The summed E-state index contributed by atoms with van der Waals surface area (Å²) in [5, 5.41) is 3.67. The Morgan fingerprint density at radius 3 is 2.82 bits per heavy atom. The second kappa shape index (κ2) is 6.08. The minimum absolute atomic E-state index is 0.0726. The Morgan fingerprint density at radius 1 is 1.36 bits per heavy atom. The standard InChI is InChI=1S/C14H17N5O3/c1-10-16-13(22-17-10)11-8-15-9-19(14(11)21)7-4-12(20)18-5-2-3-6-18/h8-9H,2-7H2,1H3. The molecule has 0 spiro atoms. The minimum atomic E-state index is -0.284. The normalized spacial score (nSPS) is 14.5. The molecule has 0 N–H and O–H groups in total. The van der Waals surface area contributed by atoms with E-state index in [0.717, 1.165) is 25.9 Å². The molecule has 1 aliphatic heterocycles. The first-order valence-corrected chi connectivity index (χ1v) is 7.28. The summed E-state index contributed by atoms with van der Waals surface area (Å²) in [6.45, 7) is 3.60. The van der Waals surface area contributed by atoms with Crippen LogP contribution < -0.4 is 5.56 Å². The minimum Gasteiger partial charge on any atom is -0.343 e. The Labute approximate surface area is 126 Å². The van der Waals surface area contributed by atoms with Gasteiger partial charge in [0.1, 0.15) is 5.56 Å². The molecule has 22 heavy (non-hydrogen) atoms. The Balaban J connectivity index is 1.74. The highest BCUT2D eigenvalue weighted by Gasteiger charge is 2.18. The Bertz CT molecular complexity index is 730. The third-order valence-corrected chi connectivity index (χ3v) is 3.68. The van der Waals surface area contributed by atoms with Crippen LogP contribution >= 0.6 is 0 Å². The molecule has 116 valence electrons. The smallest absolute Gasteiger partial charge is 0.266 e. The summed E-state index contributed by atoms with van der Waals surface area (Å²) >= 11 is 0. The highest BCUT2D eigenvalue weighted by molar-refractivity contribution is 5.76. The number of rotatable bonds is 4. The second-order valence-corrected chi connectivity index (χ2v) is 5.29. The molecular formula is C14H17N5O3. The van der Waals surface area contributed by atoms with Gasteiger partial charge >= 0.3 is 0 Å². The van der Waals surface area contributed by atoms with Gasteiger partial charge in [-0.05, 0) is 19.8 Å². The summed E-state index contributed by atoms with van der Waals surface area (Å²) < 4.78 is 6.41. The van der Waals surface area contributed by atoms with Crippen molar-refractivity contribution in [2.45, 2.75) is 32.7 Å². The van der Waals surface area contributed by atoms with Gasteiger partial charge in [-0.2, -0.15) is 4.98 Å². The van der Waals surface area contributed by atoms with E-state index >= 15 is 0 Å². The maximum absolute atomic E-state index is 12.4. The van der Waals surface area contributed by atoms with Crippen molar-refractivity contribution in [1.82, 2.24) is 24.6 Å². The van der Waals surface area contributed by atoms with E-state index in [2.05, 4.69) is 15.1 Å². The molecule has 0 aromatic carbocycles. The van der Waals surface area contributed by atoms with Gasteiger partial charge in [0.2, 0.25) is 5.91 Å². The highest BCUT2D eigenvalue weighted by Crippen LogP contribution is 2.11. The largest absolute Gasteiger partial charge is 0.343 e. The van der Waals surface area contributed by atoms with Gasteiger partial charge in [-0.15, -0.1) is 0 Å². The lowest BCUT2D eigenvalue weighted by molar-refractivity contribution is -0.130. The Hall–Kier alpha value is -2.51. The lowest BCUT2D eigenvalue weighted by Gasteiger charge is -2.15. The monoisotopic (exact) mass is 303 g/mol. The van der Waals surface area contributed by atoms with Crippen LogP contribution in [0.5, 0.6) is 0 Å². The molecule has 8 heteroatoms. The summed E-state index contributed by atoms with van der Waals surface area (Å²) in [7, 11) is 0. The summed E-state index contributed by atoms with van der Waals surface area (Å²) in [5.74, 6) is 0.674. The van der Waals surface area contributed by atoms with Crippen LogP contribution in [0.2, 0.25) is 0 Å². The lowest BCUT2D eigenvalue weighted by atomic mass is 10.3. The number of nitrogens with zero attached hydrogens (tertiary/aromatic N) is 5. The molecule has 3 rings (SSSR count). The lowest BCUT2D eigenvalue weighted by Crippen LogP contribution is -2.30. The predicted octanol–water partition coefficient (Wildman–Crippen LogP) is 0.614. The molecule has 0 atom stereocenters. The molecule has 1 fully saturated rings. The van der Waals surface area contributed by atoms with Gasteiger partial charge in [-0.25, -0.2) is 4.98 Å². The first-order chi connectivity index (χ1) is 10.6. The van der Waals surface area contributed by atoms with E-state index in [1.165, 1.54) is 17.1 Å². The van der Waals surface area contributed by atoms with Crippen molar-refractivity contribution in [3.8, 4) is 11.5 Å². The van der Waals surface area contributed by atoms with Crippen molar-refractivity contribution in [1.29, 1.82) is 0 Å². The average molecular weight is 303 g/mol. The number of aromatic nitrogens is 4. The third-order valence-electron chi connectivity index (χ3n) is 3.68. The third kappa shape index (κ3) is 2.90. The fraction of sp³-hybridized carbons (Fsp3) is 0.500. The SMILES string of the molecule is Cc1noc(-c2cncn(CCC(=O)N3CCCC3)c2=O)n1. The number of aryl methyl sites for hydroxylation is 2. The molecule has 1 aliphatic rings. The fourth-order valence-electron chi connectivity index (χ4n) is 2.50. The Kier molecular flexibility index (Phi) is 3.99. The topological polar surface area (TPSA) is 94.1 Å². The zero-order chi connectivity index (χ0) is 15.5. The van der Waals surface area contributed by atoms with Crippen LogP contribution in [0, 0.1) is 6.92 Å². The first kappa shape index (κ1) is 14.4. The van der Waals surface area contributed by atoms with Crippen LogP contribution in [-0.4, -0.2) is 43.6 Å². The van der Waals surface area contributed by atoms with Gasteiger partial charge in [0.25, 0.3) is 11.4 Å². The van der Waals surface area contributed by atoms with Crippen molar-refractivity contribution in [3.05, 3.63) is 28.7 Å². The van der Waals surface area contributed by atoms with Gasteiger partial charge < -0.3 is 9.42 Å². The molecule has 0 radical (unpaired) electrons. The number of carbonyl (C=O) groups excluding carboxylic acids is 1. The van der Waals surface area contributed by atoms with Gasteiger partial charge in [-0.3, -0.25) is 14.2 Å². The van der Waals surface area contributed by atoms with Crippen LogP contribution in [0.1, 0.15) is 25.1 Å². The van der Waals surface area contributed by atoms with E-state index in [-0.39, 0.29) is 29.3 Å². The fourth-order valence-corrected chi connectivity index (χ4v) is 2.50. The van der Waals surface area contributed by atoms with Crippen molar-refractivity contribution in [2.24, 2.45) is 0 Å². The van der Waals surface area contributed by atoms with Gasteiger partial charge in [0.15, 0.2) is 5.82 Å². The number of likely N-dealkylation sites (tertiary alicyclic amines) is 1. The zero-order valence-corrected chi connectivity index (χ0v) is 12.4. The van der Waals surface area contributed by atoms with E-state index in [9.17, 15) is 9.59 Å². The molecule has 2 aromatic heterocycles. The van der Waals surface area contributed by atoms with Crippen molar-refractivity contribution < 1.29 is 9.32 Å². The average Bonchev–Trinajstić information content (AvgIpc) is 3.17. The molecule has 0 aliphatic carbocycles. The molecule has 0 saturated carbocycles. The number of carbonyl (C=O) groups is 1. The van der Waals surface area contributed by atoms with E-state index in [4.69, 9.17) is 4.52 Å². The molecule has 8 nitrogen and oxygen atoms in total. The molecule has 1 saturated heterocycles. The Morgan fingerprint density at radius 2 is 2.14 bits per heavy atom. The van der Waals surface area contributed by atoms with Crippen molar-refractivity contribution >= 4 is 5.91 Å². The molecule has 1 amide bonds. The number of hydrogen-bond donors (Lipinski definition) is 0. The maximum atomic E-state index is 12.4. The molecular weight excluding hydrogens is 286 g/mol. The quantitative estimate of drug-likeness (QED) is 0.821. The van der Waals surface area contributed by atoms with E-state index in [1.807, 2.05) is 4.90 Å². The first-order valence-electron chi connectivity index (χ1n) is 7.28.